The van der Waals surface area contributed by atoms with Crippen LogP contribution in [0, 0.1) is 0 Å². The van der Waals surface area contributed by atoms with Gasteiger partial charge in [-0.2, -0.15) is 0 Å². The predicted octanol–water partition coefficient (Wildman–Crippen LogP) is 5.87. The Labute approximate surface area is 170 Å². The van der Waals surface area contributed by atoms with Gasteiger partial charge in [-0.05, 0) is 71.8 Å². The molecule has 1 aromatic heterocycles. The van der Waals surface area contributed by atoms with E-state index in [1.165, 1.54) is 17.4 Å². The van der Waals surface area contributed by atoms with Crippen LogP contribution in [0.2, 0.25) is 0 Å². The number of hydrogen-bond acceptors (Lipinski definition) is 5. The van der Waals surface area contributed by atoms with E-state index in [1.54, 1.807) is 48.5 Å². The second-order valence-electron chi connectivity index (χ2n) is 6.33. The highest BCUT2D eigenvalue weighted by atomic mass is 32.1. The molecule has 4 aromatic rings. The molecular formula is C23H16O5S. The molecule has 3 N–H and O–H groups in total. The third-order valence-corrected chi connectivity index (χ3v) is 5.46. The number of hydrogen-bond donors (Lipinski definition) is 3. The highest BCUT2D eigenvalue weighted by Gasteiger charge is 2.17. The molecule has 0 radical (unpaired) electrons. The molecule has 4 rings (SSSR count). The van der Waals surface area contributed by atoms with Crippen LogP contribution in [0.25, 0.3) is 26.6 Å². The van der Waals surface area contributed by atoms with E-state index in [0.29, 0.717) is 11.5 Å². The van der Waals surface area contributed by atoms with Crippen LogP contribution >= 0.6 is 11.3 Å². The van der Waals surface area contributed by atoms with Crippen molar-refractivity contribution in [2.45, 2.75) is 0 Å². The summed E-state index contributed by atoms with van der Waals surface area (Å²) < 4.78 is 7.07. The van der Waals surface area contributed by atoms with Gasteiger partial charge in [-0.1, -0.05) is 12.1 Å². The fourth-order valence-electron chi connectivity index (χ4n) is 2.90. The van der Waals surface area contributed by atoms with Crippen molar-refractivity contribution in [3.05, 3.63) is 78.4 Å². The lowest BCUT2D eigenvalue weighted by atomic mass is 10.1. The van der Waals surface area contributed by atoms with Crippen molar-refractivity contribution >= 4 is 33.5 Å². The number of rotatable bonds is 5. The van der Waals surface area contributed by atoms with Gasteiger partial charge in [0.1, 0.15) is 17.2 Å². The summed E-state index contributed by atoms with van der Waals surface area (Å²) in [5.74, 6) is 0.615. The van der Waals surface area contributed by atoms with Crippen molar-refractivity contribution in [2.24, 2.45) is 0 Å². The molecule has 29 heavy (non-hydrogen) atoms. The number of benzene rings is 3. The molecule has 0 unspecified atom stereocenters. The van der Waals surface area contributed by atoms with Gasteiger partial charge in [0.2, 0.25) is 0 Å². The van der Waals surface area contributed by atoms with E-state index >= 15 is 0 Å². The Morgan fingerprint density at radius 2 is 1.59 bits per heavy atom. The fraction of sp³-hybridized carbons (Fsp3) is 0. The number of carboxylic acid groups (broad SMARTS) is 1. The Morgan fingerprint density at radius 3 is 2.28 bits per heavy atom. The van der Waals surface area contributed by atoms with Crippen LogP contribution in [0.4, 0.5) is 0 Å². The SMILES string of the molecule is O=C(O)C=Cc1ccc(Oc2c(-c3ccc(O)cc3)sc3cc(O)ccc23)cc1. The molecule has 6 heteroatoms. The van der Waals surface area contributed by atoms with Crippen molar-refractivity contribution in [3.8, 4) is 33.4 Å². The Hall–Kier alpha value is -3.77. The number of carboxylic acids is 1. The van der Waals surface area contributed by atoms with Crippen molar-refractivity contribution in [3.63, 3.8) is 0 Å². The minimum atomic E-state index is -1.00. The predicted molar refractivity (Wildman–Crippen MR) is 114 cm³/mol. The van der Waals surface area contributed by atoms with Crippen LogP contribution in [0.15, 0.2) is 72.8 Å². The number of aromatic hydroxyl groups is 2. The maximum absolute atomic E-state index is 10.6. The molecule has 0 saturated carbocycles. The zero-order valence-electron chi connectivity index (χ0n) is 15.1. The summed E-state index contributed by atoms with van der Waals surface area (Å²) in [5.41, 5.74) is 1.64. The number of phenols is 2. The molecule has 144 valence electrons. The molecule has 0 bridgehead atoms. The summed E-state index contributed by atoms with van der Waals surface area (Å²) in [6.07, 6.45) is 2.59. The highest BCUT2D eigenvalue weighted by molar-refractivity contribution is 7.22. The smallest absolute Gasteiger partial charge is 0.328 e. The maximum Gasteiger partial charge on any atom is 0.328 e. The lowest BCUT2D eigenvalue weighted by Crippen LogP contribution is -1.87. The quantitative estimate of drug-likeness (QED) is 0.362. The summed E-state index contributed by atoms with van der Waals surface area (Å²) in [4.78, 5) is 11.5. The first-order valence-electron chi connectivity index (χ1n) is 8.73. The average molecular weight is 404 g/mol. The van der Waals surface area contributed by atoms with Gasteiger partial charge in [-0.15, -0.1) is 11.3 Å². The minimum absolute atomic E-state index is 0.178. The zero-order chi connectivity index (χ0) is 20.4. The lowest BCUT2D eigenvalue weighted by molar-refractivity contribution is -0.131. The van der Waals surface area contributed by atoms with Gasteiger partial charge in [0.25, 0.3) is 0 Å². The van der Waals surface area contributed by atoms with Crippen LogP contribution < -0.4 is 4.74 Å². The number of carbonyl (C=O) groups is 1. The van der Waals surface area contributed by atoms with Crippen LogP contribution in [0.5, 0.6) is 23.0 Å². The summed E-state index contributed by atoms with van der Waals surface area (Å²) in [7, 11) is 0. The van der Waals surface area contributed by atoms with Gasteiger partial charge >= 0.3 is 5.97 Å². The van der Waals surface area contributed by atoms with E-state index < -0.39 is 5.97 Å². The molecule has 0 spiro atoms. The molecule has 0 saturated heterocycles. The molecule has 0 atom stereocenters. The van der Waals surface area contributed by atoms with E-state index in [1.807, 2.05) is 18.2 Å². The monoisotopic (exact) mass is 404 g/mol. The Bertz CT molecular complexity index is 1200. The molecule has 0 fully saturated rings. The third-order valence-electron chi connectivity index (χ3n) is 4.28. The zero-order valence-corrected chi connectivity index (χ0v) is 15.9. The number of ether oxygens (including phenoxy) is 1. The van der Waals surface area contributed by atoms with Crippen molar-refractivity contribution < 1.29 is 24.9 Å². The van der Waals surface area contributed by atoms with Gasteiger partial charge < -0.3 is 20.1 Å². The first kappa shape index (κ1) is 18.6. The first-order chi connectivity index (χ1) is 14.0. The van der Waals surface area contributed by atoms with E-state index in [0.717, 1.165) is 32.2 Å². The Balaban J connectivity index is 1.75. The largest absolute Gasteiger partial charge is 0.508 e. The summed E-state index contributed by atoms with van der Waals surface area (Å²) >= 11 is 1.49. The summed E-state index contributed by atoms with van der Waals surface area (Å²) in [5, 5.41) is 29.0. The Kier molecular flexibility index (Phi) is 4.93. The lowest BCUT2D eigenvalue weighted by Gasteiger charge is -2.09. The van der Waals surface area contributed by atoms with Crippen LogP contribution in [0.3, 0.4) is 0 Å². The molecule has 1 heterocycles. The normalized spacial score (nSPS) is 11.2. The third kappa shape index (κ3) is 4.07. The van der Waals surface area contributed by atoms with Crippen LogP contribution in [0.1, 0.15) is 5.56 Å². The second-order valence-corrected chi connectivity index (χ2v) is 7.38. The molecule has 0 aliphatic carbocycles. The van der Waals surface area contributed by atoms with Gasteiger partial charge in [-0.3, -0.25) is 0 Å². The molecule has 0 amide bonds. The molecule has 0 aliphatic rings. The van der Waals surface area contributed by atoms with Crippen LogP contribution in [-0.2, 0) is 4.79 Å². The van der Waals surface area contributed by atoms with E-state index in [-0.39, 0.29) is 11.5 Å². The van der Waals surface area contributed by atoms with E-state index in [2.05, 4.69) is 0 Å². The van der Waals surface area contributed by atoms with Crippen molar-refractivity contribution in [2.75, 3.05) is 0 Å². The van der Waals surface area contributed by atoms with Crippen molar-refractivity contribution in [1.29, 1.82) is 0 Å². The van der Waals surface area contributed by atoms with Gasteiger partial charge in [0, 0.05) is 16.2 Å². The topological polar surface area (TPSA) is 87.0 Å². The van der Waals surface area contributed by atoms with E-state index in [4.69, 9.17) is 9.84 Å². The maximum atomic E-state index is 10.6. The molecule has 0 aliphatic heterocycles. The Morgan fingerprint density at radius 1 is 0.897 bits per heavy atom. The minimum Gasteiger partial charge on any atom is -0.508 e. The number of fused-ring (bicyclic) bond motifs is 1. The fourth-order valence-corrected chi connectivity index (χ4v) is 4.07. The summed E-state index contributed by atoms with van der Waals surface area (Å²) in [6, 6.07) is 19.1. The van der Waals surface area contributed by atoms with Crippen LogP contribution in [-0.4, -0.2) is 21.3 Å². The first-order valence-corrected chi connectivity index (χ1v) is 9.55. The second kappa shape index (κ2) is 7.69. The van der Waals surface area contributed by atoms with Crippen molar-refractivity contribution in [1.82, 2.24) is 0 Å². The van der Waals surface area contributed by atoms with E-state index in [9.17, 15) is 15.0 Å². The number of phenolic OH excluding ortho intramolecular Hbond substituents is 2. The van der Waals surface area contributed by atoms with Gasteiger partial charge in [0.05, 0.1) is 4.88 Å². The van der Waals surface area contributed by atoms with Gasteiger partial charge in [0.15, 0.2) is 5.75 Å². The number of thiophene rings is 1. The molecule has 5 nitrogen and oxygen atoms in total. The van der Waals surface area contributed by atoms with Gasteiger partial charge in [-0.25, -0.2) is 4.79 Å². The highest BCUT2D eigenvalue weighted by Crippen LogP contribution is 2.47. The average Bonchev–Trinajstić information content (AvgIpc) is 3.05. The molecular weight excluding hydrogens is 388 g/mol. The summed E-state index contributed by atoms with van der Waals surface area (Å²) in [6.45, 7) is 0. The molecule has 3 aromatic carbocycles. The standard InChI is InChI=1S/C23H16O5S/c24-16-6-4-15(5-7-16)23-22(19-11-8-17(25)13-20(19)29-23)28-18-9-1-14(2-10-18)3-12-21(26)27/h1-13,24-25H,(H,26,27). The number of aliphatic carboxylic acids is 1.